The summed E-state index contributed by atoms with van der Waals surface area (Å²) >= 11 is 0. The highest BCUT2D eigenvalue weighted by atomic mass is 15.1. The van der Waals surface area contributed by atoms with Gasteiger partial charge in [-0.05, 0) is 30.9 Å². The second kappa shape index (κ2) is 6.26. The molecule has 0 fully saturated rings. The van der Waals surface area contributed by atoms with Crippen molar-refractivity contribution in [3.63, 3.8) is 0 Å². The van der Waals surface area contributed by atoms with E-state index in [1.54, 1.807) is 12.4 Å². The van der Waals surface area contributed by atoms with Gasteiger partial charge in [-0.2, -0.15) is 0 Å². The fourth-order valence-electron chi connectivity index (χ4n) is 2.54. The van der Waals surface area contributed by atoms with Crippen molar-refractivity contribution in [3.8, 4) is 11.4 Å². The van der Waals surface area contributed by atoms with E-state index in [0.717, 1.165) is 49.1 Å². The lowest BCUT2D eigenvalue weighted by Crippen LogP contribution is -2.32. The molecule has 0 radical (unpaired) electrons. The minimum absolute atomic E-state index is 0.722. The Balaban J connectivity index is 1.77. The lowest BCUT2D eigenvalue weighted by molar-refractivity contribution is 0.235. The van der Waals surface area contributed by atoms with Crippen LogP contribution in [0.15, 0.2) is 24.9 Å². The number of nitrogens with zero attached hydrogens (tertiary/aromatic N) is 5. The molecule has 0 atom stereocenters. The smallest absolute Gasteiger partial charge is 0.162 e. The van der Waals surface area contributed by atoms with Gasteiger partial charge in [-0.15, -0.1) is 0 Å². The summed E-state index contributed by atoms with van der Waals surface area (Å²) in [7, 11) is 0. The molecule has 2 aromatic heterocycles. The maximum atomic E-state index is 4.73. The van der Waals surface area contributed by atoms with Crippen LogP contribution in [0.1, 0.15) is 31.5 Å². The van der Waals surface area contributed by atoms with Crippen LogP contribution in [0.25, 0.3) is 11.4 Å². The van der Waals surface area contributed by atoms with Crippen molar-refractivity contribution in [2.24, 2.45) is 5.92 Å². The maximum Gasteiger partial charge on any atom is 0.162 e. The molecule has 5 heteroatoms. The van der Waals surface area contributed by atoms with Crippen molar-refractivity contribution in [1.82, 2.24) is 24.8 Å². The molecule has 0 amide bonds. The molecule has 1 aliphatic rings. The zero-order chi connectivity index (χ0) is 14.7. The average Bonchev–Trinajstić information content (AvgIpc) is 2.53. The van der Waals surface area contributed by atoms with Gasteiger partial charge in [0.15, 0.2) is 5.82 Å². The van der Waals surface area contributed by atoms with Gasteiger partial charge < -0.3 is 0 Å². The number of hydrogen-bond acceptors (Lipinski definition) is 5. The van der Waals surface area contributed by atoms with E-state index in [1.807, 2.05) is 6.20 Å². The third kappa shape index (κ3) is 3.42. The molecule has 110 valence electrons. The Bertz CT molecular complexity index is 597. The van der Waals surface area contributed by atoms with Crippen LogP contribution in [0, 0.1) is 5.92 Å². The second-order valence-electron chi connectivity index (χ2n) is 6.00. The molecule has 0 saturated heterocycles. The zero-order valence-corrected chi connectivity index (χ0v) is 12.7. The molecule has 0 bridgehead atoms. The predicted octanol–water partition coefficient (Wildman–Crippen LogP) is 2.34. The Kier molecular flexibility index (Phi) is 4.20. The first-order valence-electron chi connectivity index (χ1n) is 7.55. The number of hydrogen-bond donors (Lipinski definition) is 0. The van der Waals surface area contributed by atoms with Gasteiger partial charge in [0.2, 0.25) is 0 Å². The largest absolute Gasteiger partial charge is 0.297 e. The van der Waals surface area contributed by atoms with Crippen molar-refractivity contribution in [2.45, 2.75) is 33.2 Å². The van der Waals surface area contributed by atoms with Crippen LogP contribution < -0.4 is 0 Å². The van der Waals surface area contributed by atoms with Crippen LogP contribution in [0.2, 0.25) is 0 Å². The monoisotopic (exact) mass is 283 g/mol. The molecule has 3 heterocycles. The van der Waals surface area contributed by atoms with E-state index in [2.05, 4.69) is 33.7 Å². The molecule has 3 rings (SSSR count). The van der Waals surface area contributed by atoms with Crippen LogP contribution in [-0.4, -0.2) is 37.9 Å². The summed E-state index contributed by atoms with van der Waals surface area (Å²) in [6.07, 6.45) is 9.28. The summed E-state index contributed by atoms with van der Waals surface area (Å²) in [6, 6.07) is 0. The molecule has 0 spiro atoms. The predicted molar refractivity (Wildman–Crippen MR) is 81.5 cm³/mol. The third-order valence-electron chi connectivity index (χ3n) is 3.87. The Morgan fingerprint density at radius 2 is 2.00 bits per heavy atom. The molecule has 0 aliphatic carbocycles. The minimum Gasteiger partial charge on any atom is -0.297 e. The van der Waals surface area contributed by atoms with Gasteiger partial charge in [0.25, 0.3) is 0 Å². The molecule has 0 unspecified atom stereocenters. The van der Waals surface area contributed by atoms with Crippen molar-refractivity contribution < 1.29 is 0 Å². The lowest BCUT2D eigenvalue weighted by Gasteiger charge is -2.28. The molecule has 21 heavy (non-hydrogen) atoms. The van der Waals surface area contributed by atoms with Crippen LogP contribution in [0.5, 0.6) is 0 Å². The van der Waals surface area contributed by atoms with E-state index in [0.29, 0.717) is 0 Å². The van der Waals surface area contributed by atoms with E-state index >= 15 is 0 Å². The Labute approximate surface area is 125 Å². The Morgan fingerprint density at radius 3 is 2.76 bits per heavy atom. The van der Waals surface area contributed by atoms with Gasteiger partial charge in [-0.3, -0.25) is 4.90 Å². The highest BCUT2D eigenvalue weighted by Crippen LogP contribution is 2.20. The number of fused-ring (bicyclic) bond motifs is 1. The molecular weight excluding hydrogens is 262 g/mol. The SMILES string of the molecule is CC(C)CCN1CCc2cnc(-c3cncnc3)nc2C1. The molecular formula is C16H21N5. The second-order valence-corrected chi connectivity index (χ2v) is 6.00. The quantitative estimate of drug-likeness (QED) is 0.862. The van der Waals surface area contributed by atoms with Gasteiger partial charge in [0.1, 0.15) is 6.33 Å². The maximum absolute atomic E-state index is 4.73. The van der Waals surface area contributed by atoms with Gasteiger partial charge in [-0.25, -0.2) is 19.9 Å². The van der Waals surface area contributed by atoms with E-state index in [9.17, 15) is 0 Å². The van der Waals surface area contributed by atoms with E-state index < -0.39 is 0 Å². The summed E-state index contributed by atoms with van der Waals surface area (Å²) in [6.45, 7) is 7.72. The normalized spacial score (nSPS) is 15.2. The summed E-state index contributed by atoms with van der Waals surface area (Å²) < 4.78 is 0. The van der Waals surface area contributed by atoms with Crippen molar-refractivity contribution >= 4 is 0 Å². The summed E-state index contributed by atoms with van der Waals surface area (Å²) in [4.78, 5) is 19.7. The van der Waals surface area contributed by atoms with E-state index in [-0.39, 0.29) is 0 Å². The number of aromatic nitrogens is 4. The van der Waals surface area contributed by atoms with E-state index in [4.69, 9.17) is 4.98 Å². The van der Waals surface area contributed by atoms with Gasteiger partial charge >= 0.3 is 0 Å². The summed E-state index contributed by atoms with van der Waals surface area (Å²) in [5, 5.41) is 0. The van der Waals surface area contributed by atoms with Crippen LogP contribution in [0.3, 0.4) is 0 Å². The first kappa shape index (κ1) is 14.1. The highest BCUT2D eigenvalue weighted by Gasteiger charge is 2.18. The third-order valence-corrected chi connectivity index (χ3v) is 3.87. The van der Waals surface area contributed by atoms with Crippen molar-refractivity contribution in [1.29, 1.82) is 0 Å². The summed E-state index contributed by atoms with van der Waals surface area (Å²) in [5.74, 6) is 1.47. The molecule has 1 aliphatic heterocycles. The first-order chi connectivity index (χ1) is 10.2. The standard InChI is InChI=1S/C16H21N5/c1-12(2)3-5-21-6-4-13-9-19-16(20-15(13)10-21)14-7-17-11-18-8-14/h7-9,11-12H,3-6,10H2,1-2H3. The topological polar surface area (TPSA) is 54.8 Å². The van der Waals surface area contributed by atoms with Gasteiger partial charge in [0, 0.05) is 31.7 Å². The zero-order valence-electron chi connectivity index (χ0n) is 12.7. The van der Waals surface area contributed by atoms with Crippen LogP contribution in [0.4, 0.5) is 0 Å². The average molecular weight is 283 g/mol. The molecule has 0 saturated carbocycles. The highest BCUT2D eigenvalue weighted by molar-refractivity contribution is 5.52. The van der Waals surface area contributed by atoms with Crippen LogP contribution in [-0.2, 0) is 13.0 Å². The fourth-order valence-corrected chi connectivity index (χ4v) is 2.54. The van der Waals surface area contributed by atoms with Crippen LogP contribution >= 0.6 is 0 Å². The minimum atomic E-state index is 0.722. The first-order valence-corrected chi connectivity index (χ1v) is 7.55. The molecule has 0 N–H and O–H groups in total. The lowest BCUT2D eigenvalue weighted by atomic mass is 10.0. The molecule has 5 nitrogen and oxygen atoms in total. The molecule has 2 aromatic rings. The Morgan fingerprint density at radius 1 is 1.19 bits per heavy atom. The van der Waals surface area contributed by atoms with Crippen molar-refractivity contribution in [3.05, 3.63) is 36.2 Å². The molecule has 0 aromatic carbocycles. The van der Waals surface area contributed by atoms with Crippen molar-refractivity contribution in [2.75, 3.05) is 13.1 Å². The Hall–Kier alpha value is -1.88. The fraction of sp³-hybridized carbons (Fsp3) is 0.500. The van der Waals surface area contributed by atoms with Gasteiger partial charge in [-0.1, -0.05) is 13.8 Å². The van der Waals surface area contributed by atoms with Gasteiger partial charge in [0.05, 0.1) is 11.3 Å². The van der Waals surface area contributed by atoms with E-state index in [1.165, 1.54) is 18.3 Å². The number of rotatable bonds is 4. The summed E-state index contributed by atoms with van der Waals surface area (Å²) in [5.41, 5.74) is 3.30.